The molecule has 0 aliphatic heterocycles. The van der Waals surface area contributed by atoms with Gasteiger partial charge in [-0.25, -0.2) is 0 Å². The van der Waals surface area contributed by atoms with Crippen molar-refractivity contribution in [3.8, 4) is 11.6 Å². The fraction of sp³-hybridized carbons (Fsp3) is 0. The smallest absolute Gasteiger partial charge is 0.218 e. The van der Waals surface area contributed by atoms with Crippen molar-refractivity contribution >= 4 is 33.9 Å². The second kappa shape index (κ2) is 4.86. The van der Waals surface area contributed by atoms with Crippen molar-refractivity contribution in [2.24, 2.45) is 10.2 Å². The molecule has 0 aliphatic rings. The minimum Gasteiger partial charge on any atom is -0.508 e. The largest absolute Gasteiger partial charge is 0.508 e. The molecule has 3 aromatic rings. The van der Waals surface area contributed by atoms with Crippen LogP contribution in [0.15, 0.2) is 52.7 Å². The number of phenols is 1. The van der Waals surface area contributed by atoms with Gasteiger partial charge in [0.05, 0.1) is 11.2 Å². The van der Waals surface area contributed by atoms with Crippen LogP contribution in [0.5, 0.6) is 11.6 Å². The predicted molar refractivity (Wildman–Crippen MR) is 77.3 cm³/mol. The van der Waals surface area contributed by atoms with Crippen molar-refractivity contribution in [3.63, 3.8) is 0 Å². The monoisotopic (exact) mass is 287 g/mol. The van der Waals surface area contributed by atoms with Crippen molar-refractivity contribution in [2.75, 3.05) is 0 Å². The highest BCUT2D eigenvalue weighted by Gasteiger charge is 2.10. The first-order chi connectivity index (χ1) is 9.63. The number of aromatic amines is 1. The third-order valence-electron chi connectivity index (χ3n) is 2.81. The molecule has 0 aliphatic carbocycles. The van der Waals surface area contributed by atoms with Crippen molar-refractivity contribution in [2.45, 2.75) is 0 Å². The Balaban J connectivity index is 2.06. The van der Waals surface area contributed by atoms with Crippen LogP contribution in [-0.2, 0) is 0 Å². The normalized spacial score (nSPS) is 11.4. The van der Waals surface area contributed by atoms with E-state index in [0.717, 1.165) is 0 Å². The second-order valence-corrected chi connectivity index (χ2v) is 4.67. The van der Waals surface area contributed by atoms with Gasteiger partial charge in [0, 0.05) is 10.4 Å². The lowest BCUT2D eigenvalue weighted by Crippen LogP contribution is -1.67. The van der Waals surface area contributed by atoms with Crippen LogP contribution in [0.2, 0.25) is 5.02 Å². The zero-order chi connectivity index (χ0) is 14.1. The van der Waals surface area contributed by atoms with Crippen LogP contribution in [0.4, 0.5) is 11.4 Å². The van der Waals surface area contributed by atoms with Gasteiger partial charge in [0.1, 0.15) is 5.75 Å². The number of H-pyrrole nitrogens is 1. The highest BCUT2D eigenvalue weighted by molar-refractivity contribution is 6.30. The molecular weight excluding hydrogens is 278 g/mol. The summed E-state index contributed by atoms with van der Waals surface area (Å²) < 4.78 is 0. The average Bonchev–Trinajstić information content (AvgIpc) is 2.72. The van der Waals surface area contributed by atoms with Crippen LogP contribution in [0.25, 0.3) is 10.9 Å². The Bertz CT molecular complexity index is 811. The Labute approximate surface area is 119 Å². The molecule has 0 atom stereocenters. The number of halogens is 1. The van der Waals surface area contributed by atoms with Crippen molar-refractivity contribution in [1.29, 1.82) is 0 Å². The number of rotatable bonds is 2. The number of benzene rings is 2. The molecule has 3 N–H and O–H groups in total. The molecule has 0 fully saturated rings. The second-order valence-electron chi connectivity index (χ2n) is 4.23. The summed E-state index contributed by atoms with van der Waals surface area (Å²) in [6.07, 6.45) is 0. The SMILES string of the molecule is Oc1ccc2[nH]c(O)c(N=Nc3cccc(Cl)c3)c2c1. The third-order valence-corrected chi connectivity index (χ3v) is 3.04. The standard InChI is InChI=1S/C14H10ClN3O2/c15-8-2-1-3-9(6-8)17-18-13-11-7-10(19)4-5-12(11)16-14(13)20/h1-7,16,19-20H. The maximum Gasteiger partial charge on any atom is 0.218 e. The summed E-state index contributed by atoms with van der Waals surface area (Å²) in [5, 5.41) is 28.5. The highest BCUT2D eigenvalue weighted by Crippen LogP contribution is 2.37. The molecule has 1 heterocycles. The van der Waals surface area contributed by atoms with Gasteiger partial charge in [-0.05, 0) is 36.4 Å². The summed E-state index contributed by atoms with van der Waals surface area (Å²) in [6, 6.07) is 11.6. The van der Waals surface area contributed by atoms with Gasteiger partial charge in [-0.3, -0.25) is 0 Å². The summed E-state index contributed by atoms with van der Waals surface area (Å²) in [6.45, 7) is 0. The number of hydrogen-bond donors (Lipinski definition) is 3. The van der Waals surface area contributed by atoms with Gasteiger partial charge in [-0.1, -0.05) is 17.7 Å². The van der Waals surface area contributed by atoms with E-state index in [-0.39, 0.29) is 17.3 Å². The number of phenolic OH excluding ortho intramolecular Hbond substituents is 1. The van der Waals surface area contributed by atoms with E-state index >= 15 is 0 Å². The van der Waals surface area contributed by atoms with E-state index in [2.05, 4.69) is 15.2 Å². The summed E-state index contributed by atoms with van der Waals surface area (Å²) in [5.74, 6) is -0.00733. The average molecular weight is 288 g/mol. The Hall–Kier alpha value is -2.53. The summed E-state index contributed by atoms with van der Waals surface area (Å²) >= 11 is 5.86. The van der Waals surface area contributed by atoms with Gasteiger partial charge in [0.15, 0.2) is 5.69 Å². The topological polar surface area (TPSA) is 81.0 Å². The van der Waals surface area contributed by atoms with E-state index in [1.165, 1.54) is 12.1 Å². The molecule has 3 rings (SSSR count). The summed E-state index contributed by atoms with van der Waals surface area (Å²) in [4.78, 5) is 2.77. The zero-order valence-electron chi connectivity index (χ0n) is 10.2. The number of nitrogens with one attached hydrogen (secondary N) is 1. The first-order valence-corrected chi connectivity index (χ1v) is 6.22. The molecule has 2 aromatic carbocycles. The van der Waals surface area contributed by atoms with Gasteiger partial charge >= 0.3 is 0 Å². The first-order valence-electron chi connectivity index (χ1n) is 5.84. The van der Waals surface area contributed by atoms with Crippen LogP contribution >= 0.6 is 11.6 Å². The van der Waals surface area contributed by atoms with Crippen LogP contribution in [0.3, 0.4) is 0 Å². The van der Waals surface area contributed by atoms with E-state index in [1.54, 1.807) is 30.3 Å². The minimum absolute atomic E-state index is 0.0932. The molecule has 0 amide bonds. The number of fused-ring (bicyclic) bond motifs is 1. The Kier molecular flexibility index (Phi) is 3.04. The van der Waals surface area contributed by atoms with Gasteiger partial charge in [0.25, 0.3) is 0 Å². The number of aromatic hydroxyl groups is 2. The molecule has 0 saturated heterocycles. The molecule has 0 spiro atoms. The van der Waals surface area contributed by atoms with E-state index in [9.17, 15) is 10.2 Å². The van der Waals surface area contributed by atoms with Gasteiger partial charge in [-0.15, -0.1) is 5.11 Å². The van der Waals surface area contributed by atoms with Crippen molar-refractivity contribution in [3.05, 3.63) is 47.5 Å². The molecule has 0 saturated carbocycles. The van der Waals surface area contributed by atoms with E-state index in [0.29, 0.717) is 21.6 Å². The first kappa shape index (κ1) is 12.5. The van der Waals surface area contributed by atoms with Crippen LogP contribution in [-0.4, -0.2) is 15.2 Å². The van der Waals surface area contributed by atoms with Crippen LogP contribution in [0.1, 0.15) is 0 Å². The van der Waals surface area contributed by atoms with Gasteiger partial charge < -0.3 is 15.2 Å². The zero-order valence-corrected chi connectivity index (χ0v) is 11.0. The van der Waals surface area contributed by atoms with Crippen molar-refractivity contribution in [1.82, 2.24) is 4.98 Å². The Morgan fingerprint density at radius 2 is 1.85 bits per heavy atom. The molecule has 20 heavy (non-hydrogen) atoms. The quantitative estimate of drug-likeness (QED) is 0.600. The highest BCUT2D eigenvalue weighted by atomic mass is 35.5. The lowest BCUT2D eigenvalue weighted by molar-refractivity contribution is 0.459. The molecule has 100 valence electrons. The molecule has 1 aromatic heterocycles. The van der Waals surface area contributed by atoms with Crippen LogP contribution < -0.4 is 0 Å². The Morgan fingerprint density at radius 3 is 2.65 bits per heavy atom. The van der Waals surface area contributed by atoms with E-state index in [4.69, 9.17) is 11.6 Å². The number of nitrogens with zero attached hydrogens (tertiary/aromatic N) is 2. The molecule has 5 nitrogen and oxygen atoms in total. The molecule has 0 unspecified atom stereocenters. The maximum atomic E-state index is 9.84. The summed E-state index contributed by atoms with van der Waals surface area (Å²) in [7, 11) is 0. The fourth-order valence-electron chi connectivity index (χ4n) is 1.90. The third kappa shape index (κ3) is 2.31. The lowest BCUT2D eigenvalue weighted by Gasteiger charge is -1.95. The van der Waals surface area contributed by atoms with Gasteiger partial charge in [-0.2, -0.15) is 5.11 Å². The van der Waals surface area contributed by atoms with Gasteiger partial charge in [0.2, 0.25) is 5.88 Å². The van der Waals surface area contributed by atoms with E-state index < -0.39 is 0 Å². The molecule has 0 radical (unpaired) electrons. The fourth-order valence-corrected chi connectivity index (χ4v) is 2.08. The number of hydrogen-bond acceptors (Lipinski definition) is 4. The molecule has 0 bridgehead atoms. The maximum absolute atomic E-state index is 9.84. The Morgan fingerprint density at radius 1 is 1.00 bits per heavy atom. The minimum atomic E-state index is -0.101. The number of azo groups is 1. The van der Waals surface area contributed by atoms with Crippen LogP contribution in [0, 0.1) is 0 Å². The summed E-state index contributed by atoms with van der Waals surface area (Å²) in [5.41, 5.74) is 1.52. The predicted octanol–water partition coefficient (Wildman–Crippen LogP) is 4.65. The van der Waals surface area contributed by atoms with Crippen molar-refractivity contribution < 1.29 is 10.2 Å². The van der Waals surface area contributed by atoms with E-state index in [1.807, 2.05) is 0 Å². The number of aromatic nitrogens is 1. The lowest BCUT2D eigenvalue weighted by atomic mass is 10.2. The molecule has 6 heteroatoms. The molecular formula is C14H10ClN3O2.